The second-order valence-electron chi connectivity index (χ2n) is 7.30. The third-order valence-corrected chi connectivity index (χ3v) is 5.57. The number of thiazole rings is 1. The zero-order valence-electron chi connectivity index (χ0n) is 14.0. The number of likely N-dealkylation sites (tertiary alicyclic amines) is 1. The minimum absolute atomic E-state index is 0.0564. The maximum atomic E-state index is 12.8. The van der Waals surface area contributed by atoms with Crippen LogP contribution >= 0.6 is 11.3 Å². The summed E-state index contributed by atoms with van der Waals surface area (Å²) in [5.41, 5.74) is 0.833. The number of rotatable bonds is 5. The summed E-state index contributed by atoms with van der Waals surface area (Å²) in [6.07, 6.45) is 3.79. The predicted octanol–water partition coefficient (Wildman–Crippen LogP) is 3.82. The molecular weight excluding hydrogens is 280 g/mol. The summed E-state index contributed by atoms with van der Waals surface area (Å²) >= 11 is 1.62. The van der Waals surface area contributed by atoms with Crippen molar-refractivity contribution in [3.63, 3.8) is 0 Å². The molecule has 0 N–H and O–H groups in total. The molecule has 1 aromatic heterocycles. The van der Waals surface area contributed by atoms with Crippen molar-refractivity contribution in [2.24, 2.45) is 0 Å². The Kier molecular flexibility index (Phi) is 4.89. The predicted molar refractivity (Wildman–Crippen MR) is 89.0 cm³/mol. The van der Waals surface area contributed by atoms with Gasteiger partial charge in [0, 0.05) is 10.8 Å². The minimum atomic E-state index is -0.315. The molecule has 118 valence electrons. The van der Waals surface area contributed by atoms with Gasteiger partial charge in [-0.05, 0) is 39.3 Å². The summed E-state index contributed by atoms with van der Waals surface area (Å²) in [7, 11) is 0. The SMILES string of the molecule is CCC(C)(C(=O)Cc1nc(C(C)(C)C)cs1)N1CCCC1. The molecule has 1 atom stereocenters. The molecule has 1 aromatic rings. The Balaban J connectivity index is 2.10. The number of ketones is 1. The van der Waals surface area contributed by atoms with E-state index in [9.17, 15) is 4.79 Å². The summed E-state index contributed by atoms with van der Waals surface area (Å²) < 4.78 is 0. The topological polar surface area (TPSA) is 33.2 Å². The van der Waals surface area contributed by atoms with Gasteiger partial charge in [-0.1, -0.05) is 27.7 Å². The quantitative estimate of drug-likeness (QED) is 0.829. The number of carbonyl (C=O) groups is 1. The molecule has 0 amide bonds. The van der Waals surface area contributed by atoms with Gasteiger partial charge in [0.1, 0.15) is 5.01 Å². The van der Waals surface area contributed by atoms with Crippen molar-refractivity contribution in [2.45, 2.75) is 71.3 Å². The number of aromatic nitrogens is 1. The molecule has 4 heteroatoms. The maximum absolute atomic E-state index is 12.8. The molecule has 1 aliphatic rings. The lowest BCUT2D eigenvalue weighted by Gasteiger charge is -2.36. The minimum Gasteiger partial charge on any atom is -0.297 e. The van der Waals surface area contributed by atoms with Gasteiger partial charge < -0.3 is 0 Å². The summed E-state index contributed by atoms with van der Waals surface area (Å²) in [4.78, 5) is 19.9. The molecule has 0 spiro atoms. The molecule has 1 aliphatic heterocycles. The van der Waals surface area contributed by atoms with Gasteiger partial charge in [-0.3, -0.25) is 9.69 Å². The first-order valence-corrected chi connectivity index (χ1v) is 8.88. The number of hydrogen-bond donors (Lipinski definition) is 0. The van der Waals surface area contributed by atoms with Crippen molar-refractivity contribution in [1.82, 2.24) is 9.88 Å². The lowest BCUT2D eigenvalue weighted by molar-refractivity contribution is -0.129. The Hall–Kier alpha value is -0.740. The van der Waals surface area contributed by atoms with Crippen LogP contribution in [0.1, 0.15) is 64.6 Å². The van der Waals surface area contributed by atoms with Crippen LogP contribution in [0.5, 0.6) is 0 Å². The number of hydrogen-bond acceptors (Lipinski definition) is 4. The normalized spacial score (nSPS) is 19.7. The van der Waals surface area contributed by atoms with Crippen LogP contribution in [0.15, 0.2) is 5.38 Å². The van der Waals surface area contributed by atoms with E-state index >= 15 is 0 Å². The van der Waals surface area contributed by atoms with Crippen LogP contribution in [0.25, 0.3) is 0 Å². The van der Waals surface area contributed by atoms with Gasteiger partial charge in [-0.25, -0.2) is 4.98 Å². The van der Waals surface area contributed by atoms with E-state index < -0.39 is 0 Å². The summed E-state index contributed by atoms with van der Waals surface area (Å²) in [6, 6.07) is 0. The third kappa shape index (κ3) is 3.54. The van der Waals surface area contributed by atoms with Crippen LogP contribution in [0.2, 0.25) is 0 Å². The van der Waals surface area contributed by atoms with Crippen LogP contribution in [0.4, 0.5) is 0 Å². The van der Waals surface area contributed by atoms with Crippen molar-refractivity contribution in [1.29, 1.82) is 0 Å². The largest absolute Gasteiger partial charge is 0.297 e. The van der Waals surface area contributed by atoms with Crippen LogP contribution in [0.3, 0.4) is 0 Å². The molecule has 0 aliphatic carbocycles. The van der Waals surface area contributed by atoms with E-state index in [1.54, 1.807) is 11.3 Å². The van der Waals surface area contributed by atoms with Crippen LogP contribution in [-0.2, 0) is 16.6 Å². The number of carbonyl (C=O) groups excluding carboxylic acids is 1. The van der Waals surface area contributed by atoms with Crippen molar-refractivity contribution in [3.8, 4) is 0 Å². The number of Topliss-reactive ketones (excluding diaryl/α,β-unsaturated/α-hetero) is 1. The third-order valence-electron chi connectivity index (χ3n) is 4.73. The molecule has 2 heterocycles. The fourth-order valence-electron chi connectivity index (χ4n) is 2.87. The lowest BCUT2D eigenvalue weighted by atomic mass is 9.89. The second-order valence-corrected chi connectivity index (χ2v) is 8.24. The van der Waals surface area contributed by atoms with Gasteiger partial charge in [0.2, 0.25) is 0 Å². The Morgan fingerprint density at radius 3 is 2.38 bits per heavy atom. The van der Waals surface area contributed by atoms with E-state index in [1.807, 2.05) is 0 Å². The van der Waals surface area contributed by atoms with E-state index in [0.717, 1.165) is 30.2 Å². The smallest absolute Gasteiger partial charge is 0.159 e. The highest BCUT2D eigenvalue weighted by molar-refractivity contribution is 7.09. The molecular formula is C17H28N2OS. The molecule has 1 fully saturated rings. The van der Waals surface area contributed by atoms with Crippen molar-refractivity contribution < 1.29 is 4.79 Å². The van der Waals surface area contributed by atoms with Crippen LogP contribution in [-0.4, -0.2) is 34.3 Å². The first-order valence-electron chi connectivity index (χ1n) is 8.00. The van der Waals surface area contributed by atoms with Crippen LogP contribution in [0, 0.1) is 0 Å². The second kappa shape index (κ2) is 6.17. The summed E-state index contributed by atoms with van der Waals surface area (Å²) in [5.74, 6) is 0.321. The van der Waals surface area contributed by atoms with Gasteiger partial charge in [-0.15, -0.1) is 11.3 Å². The van der Waals surface area contributed by atoms with Gasteiger partial charge >= 0.3 is 0 Å². The van der Waals surface area contributed by atoms with E-state index in [-0.39, 0.29) is 11.0 Å². The van der Waals surface area contributed by atoms with Gasteiger partial charge in [-0.2, -0.15) is 0 Å². The molecule has 3 nitrogen and oxygen atoms in total. The molecule has 0 saturated carbocycles. The monoisotopic (exact) mass is 308 g/mol. The van der Waals surface area contributed by atoms with E-state index in [4.69, 9.17) is 0 Å². The average molecular weight is 308 g/mol. The fraction of sp³-hybridized carbons (Fsp3) is 0.765. The number of nitrogens with zero attached hydrogens (tertiary/aromatic N) is 2. The van der Waals surface area contributed by atoms with Crippen molar-refractivity contribution in [3.05, 3.63) is 16.1 Å². The molecule has 0 radical (unpaired) electrons. The van der Waals surface area contributed by atoms with Crippen LogP contribution < -0.4 is 0 Å². The van der Waals surface area contributed by atoms with E-state index in [1.165, 1.54) is 12.8 Å². The Bertz CT molecular complexity index is 497. The molecule has 1 saturated heterocycles. The highest BCUT2D eigenvalue weighted by Gasteiger charge is 2.38. The molecule has 0 aromatic carbocycles. The first-order chi connectivity index (χ1) is 9.77. The lowest BCUT2D eigenvalue weighted by Crippen LogP contribution is -2.51. The van der Waals surface area contributed by atoms with Gasteiger partial charge in [0.15, 0.2) is 5.78 Å². The standard InChI is InChI=1S/C17H28N2OS/c1-6-17(5,19-9-7-8-10-19)14(20)11-15-18-13(12-21-15)16(2,3)4/h12H,6-11H2,1-5H3. The Labute approximate surface area is 132 Å². The molecule has 2 rings (SSSR count). The van der Waals surface area contributed by atoms with E-state index in [2.05, 4.69) is 49.9 Å². The van der Waals surface area contributed by atoms with E-state index in [0.29, 0.717) is 12.2 Å². The highest BCUT2D eigenvalue weighted by Crippen LogP contribution is 2.29. The Morgan fingerprint density at radius 2 is 1.90 bits per heavy atom. The van der Waals surface area contributed by atoms with Gasteiger partial charge in [0.25, 0.3) is 0 Å². The Morgan fingerprint density at radius 1 is 1.29 bits per heavy atom. The molecule has 1 unspecified atom stereocenters. The first kappa shape index (κ1) is 16.6. The molecule has 0 bridgehead atoms. The van der Waals surface area contributed by atoms with Crippen molar-refractivity contribution in [2.75, 3.05) is 13.1 Å². The average Bonchev–Trinajstić information content (AvgIpc) is 3.07. The van der Waals surface area contributed by atoms with Crippen molar-refractivity contribution >= 4 is 17.1 Å². The van der Waals surface area contributed by atoms with Gasteiger partial charge in [0.05, 0.1) is 17.7 Å². The zero-order valence-corrected chi connectivity index (χ0v) is 14.8. The maximum Gasteiger partial charge on any atom is 0.159 e. The molecule has 21 heavy (non-hydrogen) atoms. The fourth-order valence-corrected chi connectivity index (χ4v) is 3.89. The highest BCUT2D eigenvalue weighted by atomic mass is 32.1. The summed E-state index contributed by atoms with van der Waals surface area (Å²) in [5, 5.41) is 3.06. The zero-order chi connectivity index (χ0) is 15.7. The summed E-state index contributed by atoms with van der Waals surface area (Å²) in [6.45, 7) is 12.8.